The van der Waals surface area contributed by atoms with Gasteiger partial charge in [0.2, 0.25) is 0 Å². The van der Waals surface area contributed by atoms with Gasteiger partial charge in [-0.05, 0) is 61.9 Å². The molecule has 0 bridgehead atoms. The number of hydrogen-bond donors (Lipinski definition) is 1. The summed E-state index contributed by atoms with van der Waals surface area (Å²) in [5.74, 6) is 1.97. The Morgan fingerprint density at radius 2 is 1.93 bits per heavy atom. The molecule has 1 aliphatic heterocycles. The van der Waals surface area contributed by atoms with E-state index in [0.29, 0.717) is 17.9 Å². The molecule has 0 aromatic heterocycles. The third-order valence-corrected chi connectivity index (χ3v) is 5.76. The van der Waals surface area contributed by atoms with E-state index in [-0.39, 0.29) is 11.9 Å². The van der Waals surface area contributed by atoms with Crippen LogP contribution in [0.5, 0.6) is 11.5 Å². The van der Waals surface area contributed by atoms with Crippen LogP contribution in [0.15, 0.2) is 48.5 Å². The van der Waals surface area contributed by atoms with Crippen LogP contribution in [0.3, 0.4) is 0 Å². The van der Waals surface area contributed by atoms with E-state index in [4.69, 9.17) is 9.47 Å². The van der Waals surface area contributed by atoms with Crippen LogP contribution in [0.4, 0.5) is 5.69 Å². The van der Waals surface area contributed by atoms with E-state index in [1.807, 2.05) is 32.0 Å². The lowest BCUT2D eigenvalue weighted by molar-refractivity contribution is -0.128. The number of piperidine rings is 1. The van der Waals surface area contributed by atoms with Crippen molar-refractivity contribution in [3.8, 4) is 11.5 Å². The normalized spacial score (nSPS) is 18.4. The minimum Gasteiger partial charge on any atom is -0.497 e. The fourth-order valence-corrected chi connectivity index (χ4v) is 3.95. The van der Waals surface area contributed by atoms with Gasteiger partial charge in [-0.25, -0.2) is 0 Å². The van der Waals surface area contributed by atoms with E-state index >= 15 is 0 Å². The molecule has 0 unspecified atom stereocenters. The van der Waals surface area contributed by atoms with E-state index in [1.54, 1.807) is 13.2 Å². The van der Waals surface area contributed by atoms with Crippen molar-refractivity contribution in [2.75, 3.05) is 25.1 Å². The Labute approximate surface area is 180 Å². The van der Waals surface area contributed by atoms with Crippen LogP contribution >= 0.6 is 0 Å². The molecule has 3 rings (SSSR count). The van der Waals surface area contributed by atoms with Gasteiger partial charge in [0.25, 0.3) is 5.91 Å². The zero-order chi connectivity index (χ0) is 21.5. The Balaban J connectivity index is 1.59. The van der Waals surface area contributed by atoms with E-state index in [2.05, 4.69) is 41.4 Å². The lowest BCUT2D eigenvalue weighted by Gasteiger charge is -2.33. The molecule has 0 spiro atoms. The molecular formula is C25H34N2O3. The molecule has 1 fully saturated rings. The van der Waals surface area contributed by atoms with Gasteiger partial charge >= 0.3 is 0 Å². The molecule has 3 atom stereocenters. The van der Waals surface area contributed by atoms with Crippen LogP contribution in [0.1, 0.15) is 51.6 Å². The number of anilines is 1. The Morgan fingerprint density at radius 1 is 1.20 bits per heavy atom. The molecule has 1 aliphatic rings. The maximum Gasteiger partial charge on any atom is 0.261 e. The van der Waals surface area contributed by atoms with Crippen molar-refractivity contribution in [3.63, 3.8) is 0 Å². The number of benzene rings is 2. The summed E-state index contributed by atoms with van der Waals surface area (Å²) in [6, 6.07) is 15.8. The largest absolute Gasteiger partial charge is 0.497 e. The van der Waals surface area contributed by atoms with Gasteiger partial charge in [0.05, 0.1) is 13.2 Å². The maximum absolute atomic E-state index is 12.8. The third-order valence-electron chi connectivity index (χ3n) is 5.76. The lowest BCUT2D eigenvalue weighted by Crippen LogP contribution is -2.39. The number of carbonyl (C=O) groups excluding carboxylic acids is 1. The highest BCUT2D eigenvalue weighted by atomic mass is 16.5. The van der Waals surface area contributed by atoms with Crippen molar-refractivity contribution in [3.05, 3.63) is 54.1 Å². The summed E-state index contributed by atoms with van der Waals surface area (Å²) in [7, 11) is 1.61. The van der Waals surface area contributed by atoms with Gasteiger partial charge in [-0.2, -0.15) is 0 Å². The summed E-state index contributed by atoms with van der Waals surface area (Å²) in [6.07, 6.45) is 2.60. The summed E-state index contributed by atoms with van der Waals surface area (Å²) >= 11 is 0. The minimum absolute atomic E-state index is 0.0882. The standard InChI is InChI=1S/C25H34N2O3/c1-5-24(30-23-10-6-9-22(16-23)29-4)25(28)26-19(3)20-11-13-21(14-12-20)27-15-7-8-18(2)17-27/h6,9-14,16,18-19,24H,5,7-8,15,17H2,1-4H3,(H,26,28)/t18-,19+,24-/m0/s1. The molecular weight excluding hydrogens is 376 g/mol. The summed E-state index contributed by atoms with van der Waals surface area (Å²) < 4.78 is 11.1. The van der Waals surface area contributed by atoms with Gasteiger partial charge in [0, 0.05) is 24.8 Å². The molecule has 0 radical (unpaired) electrons. The van der Waals surface area contributed by atoms with Gasteiger partial charge < -0.3 is 19.7 Å². The average Bonchev–Trinajstić information content (AvgIpc) is 2.77. The summed E-state index contributed by atoms with van der Waals surface area (Å²) in [6.45, 7) is 8.51. The predicted molar refractivity (Wildman–Crippen MR) is 121 cm³/mol. The number of ether oxygens (including phenoxy) is 2. The van der Waals surface area contributed by atoms with E-state index in [1.165, 1.54) is 18.5 Å². The fourth-order valence-electron chi connectivity index (χ4n) is 3.95. The molecule has 2 aromatic rings. The molecule has 1 heterocycles. The number of amides is 1. The van der Waals surface area contributed by atoms with Gasteiger partial charge in [0.1, 0.15) is 11.5 Å². The smallest absolute Gasteiger partial charge is 0.261 e. The maximum atomic E-state index is 12.8. The van der Waals surface area contributed by atoms with E-state index in [9.17, 15) is 4.79 Å². The minimum atomic E-state index is -0.548. The first-order valence-corrected chi connectivity index (χ1v) is 11.0. The molecule has 0 saturated carbocycles. The van der Waals surface area contributed by atoms with Crippen LogP contribution in [0, 0.1) is 5.92 Å². The van der Waals surface area contributed by atoms with Crippen LogP contribution in [-0.4, -0.2) is 32.2 Å². The number of methoxy groups -OCH3 is 1. The molecule has 162 valence electrons. The van der Waals surface area contributed by atoms with E-state index < -0.39 is 6.10 Å². The van der Waals surface area contributed by atoms with Crippen LogP contribution in [0.25, 0.3) is 0 Å². The van der Waals surface area contributed by atoms with Gasteiger partial charge in [-0.1, -0.05) is 32.0 Å². The first-order chi connectivity index (χ1) is 14.5. The molecule has 1 amide bonds. The second-order valence-electron chi connectivity index (χ2n) is 8.21. The zero-order valence-corrected chi connectivity index (χ0v) is 18.6. The van der Waals surface area contributed by atoms with Crippen molar-refractivity contribution in [2.24, 2.45) is 5.92 Å². The van der Waals surface area contributed by atoms with E-state index in [0.717, 1.165) is 24.6 Å². The predicted octanol–water partition coefficient (Wildman–Crippen LogP) is 4.97. The Bertz CT molecular complexity index is 821. The van der Waals surface area contributed by atoms with Gasteiger partial charge in [-0.15, -0.1) is 0 Å². The number of rotatable bonds is 8. The summed E-state index contributed by atoms with van der Waals surface area (Å²) in [5.41, 5.74) is 2.35. The monoisotopic (exact) mass is 410 g/mol. The highest BCUT2D eigenvalue weighted by molar-refractivity contribution is 5.81. The quantitative estimate of drug-likeness (QED) is 0.668. The van der Waals surface area contributed by atoms with Crippen LogP contribution in [-0.2, 0) is 4.79 Å². The first-order valence-electron chi connectivity index (χ1n) is 11.0. The molecule has 1 N–H and O–H groups in total. The number of nitrogens with zero attached hydrogens (tertiary/aromatic N) is 1. The molecule has 30 heavy (non-hydrogen) atoms. The average molecular weight is 411 g/mol. The highest BCUT2D eigenvalue weighted by Crippen LogP contribution is 2.25. The molecule has 1 saturated heterocycles. The molecule has 5 nitrogen and oxygen atoms in total. The number of carbonyl (C=O) groups is 1. The first kappa shape index (κ1) is 22.0. The summed E-state index contributed by atoms with van der Waals surface area (Å²) in [5, 5.41) is 3.09. The van der Waals surface area contributed by atoms with Crippen molar-refractivity contribution in [2.45, 2.75) is 52.2 Å². The van der Waals surface area contributed by atoms with Gasteiger partial charge in [-0.3, -0.25) is 4.79 Å². The zero-order valence-electron chi connectivity index (χ0n) is 18.6. The SMILES string of the molecule is CC[C@H](Oc1cccc(OC)c1)C(=O)N[C@H](C)c1ccc(N2CCC[C@H](C)C2)cc1. The molecule has 5 heteroatoms. The second-order valence-corrected chi connectivity index (χ2v) is 8.21. The highest BCUT2D eigenvalue weighted by Gasteiger charge is 2.21. The Kier molecular flexibility index (Phi) is 7.61. The number of hydrogen-bond acceptors (Lipinski definition) is 4. The topological polar surface area (TPSA) is 50.8 Å². The van der Waals surface area contributed by atoms with Gasteiger partial charge in [0.15, 0.2) is 6.10 Å². The number of nitrogens with one attached hydrogen (secondary N) is 1. The van der Waals surface area contributed by atoms with Crippen LogP contribution < -0.4 is 19.7 Å². The fraction of sp³-hybridized carbons (Fsp3) is 0.480. The second kappa shape index (κ2) is 10.4. The van der Waals surface area contributed by atoms with Crippen molar-refractivity contribution in [1.82, 2.24) is 5.32 Å². The molecule has 0 aliphatic carbocycles. The molecule has 2 aromatic carbocycles. The summed E-state index contributed by atoms with van der Waals surface area (Å²) in [4.78, 5) is 15.2. The third kappa shape index (κ3) is 5.68. The van der Waals surface area contributed by atoms with Crippen LogP contribution in [0.2, 0.25) is 0 Å². The Morgan fingerprint density at radius 3 is 2.60 bits per heavy atom. The Hall–Kier alpha value is -2.69. The van der Waals surface area contributed by atoms with Crippen molar-refractivity contribution >= 4 is 11.6 Å². The lowest BCUT2D eigenvalue weighted by atomic mass is 9.99. The van der Waals surface area contributed by atoms with Crippen molar-refractivity contribution in [1.29, 1.82) is 0 Å². The van der Waals surface area contributed by atoms with Crippen molar-refractivity contribution < 1.29 is 14.3 Å².